The van der Waals surface area contributed by atoms with Gasteiger partial charge in [-0.15, -0.1) is 0 Å². The second-order valence-electron chi connectivity index (χ2n) is 9.13. The van der Waals surface area contributed by atoms with Gasteiger partial charge in [0.1, 0.15) is 15.0 Å². The van der Waals surface area contributed by atoms with Gasteiger partial charge in [0, 0.05) is 25.9 Å². The van der Waals surface area contributed by atoms with Gasteiger partial charge in [-0.3, -0.25) is 0 Å². The van der Waals surface area contributed by atoms with Crippen molar-refractivity contribution >= 4 is 58.9 Å². The maximum atomic E-state index is 12.9. The summed E-state index contributed by atoms with van der Waals surface area (Å²) in [7, 11) is -1.06. The van der Waals surface area contributed by atoms with Crippen LogP contribution >= 0.6 is 14.8 Å². The highest BCUT2D eigenvalue weighted by molar-refractivity contribution is 9.46. The predicted octanol–water partition coefficient (Wildman–Crippen LogP) is 7.25. The first kappa shape index (κ1) is 22.2. The Hall–Kier alpha value is -1.95. The van der Waals surface area contributed by atoms with E-state index >= 15 is 0 Å². The van der Waals surface area contributed by atoms with Crippen molar-refractivity contribution in [2.75, 3.05) is 7.11 Å². The first-order chi connectivity index (χ1) is 14.6. The summed E-state index contributed by atoms with van der Waals surface area (Å²) in [5.41, 5.74) is 4.08. The van der Waals surface area contributed by atoms with E-state index in [1.54, 1.807) is 7.11 Å². The molecule has 0 aliphatic rings. The van der Waals surface area contributed by atoms with Crippen molar-refractivity contribution in [1.82, 2.24) is 0 Å². The zero-order valence-corrected chi connectivity index (χ0v) is 22.2. The quantitative estimate of drug-likeness (QED) is 0.213. The van der Waals surface area contributed by atoms with Crippen LogP contribution in [0.15, 0.2) is 59.5 Å². The molecule has 0 saturated carbocycles. The molecule has 0 aliphatic heterocycles. The Morgan fingerprint density at radius 2 is 1.48 bits per heavy atom. The molecule has 0 spiro atoms. The largest absolute Gasteiger partial charge is 0.496 e. The second-order valence-corrected chi connectivity index (χ2v) is 16.8. The smallest absolute Gasteiger partial charge is 0.130 e. The zero-order valence-electron chi connectivity index (χ0n) is 18.8. The normalized spacial score (nSPS) is 13.0. The third-order valence-electron chi connectivity index (χ3n) is 5.95. The Kier molecular flexibility index (Phi) is 5.88. The third-order valence-corrected chi connectivity index (χ3v) is 9.81. The van der Waals surface area contributed by atoms with Gasteiger partial charge in [-0.1, -0.05) is 73.4 Å². The Balaban J connectivity index is 2.24. The highest BCUT2D eigenvalue weighted by Gasteiger charge is 2.24. The number of methoxy groups -OCH3 is 1. The molecule has 160 valence electrons. The maximum Gasteiger partial charge on any atom is 0.130 e. The minimum Gasteiger partial charge on any atom is -0.496 e. The fraction of sp³-hybridized carbons (Fsp3) is 0.231. The summed E-state index contributed by atoms with van der Waals surface area (Å²) in [6, 6.07) is 19.4. The van der Waals surface area contributed by atoms with E-state index in [1.165, 1.54) is 10.6 Å². The van der Waals surface area contributed by atoms with Crippen LogP contribution in [-0.2, 0) is 9.23 Å². The minimum absolute atomic E-state index is 0.804. The molecule has 0 N–H and O–H groups in total. The predicted molar refractivity (Wildman–Crippen MR) is 141 cm³/mol. The number of hydrogen-bond donors (Lipinski definition) is 0. The van der Waals surface area contributed by atoms with Crippen LogP contribution in [-0.4, -0.2) is 19.4 Å². The topological polar surface area (TPSA) is 26.3 Å². The lowest BCUT2D eigenvalue weighted by molar-refractivity contribution is 0.414. The van der Waals surface area contributed by atoms with Crippen molar-refractivity contribution in [3.05, 3.63) is 65.7 Å². The Morgan fingerprint density at radius 1 is 0.839 bits per heavy atom. The summed E-state index contributed by atoms with van der Waals surface area (Å²) in [5.74, 6) is 0.836. The summed E-state index contributed by atoms with van der Waals surface area (Å²) in [5, 5.41) is 5.96. The van der Waals surface area contributed by atoms with Gasteiger partial charge in [0.25, 0.3) is 0 Å². The van der Waals surface area contributed by atoms with Gasteiger partial charge in [-0.05, 0) is 52.6 Å². The molecule has 4 aromatic carbocycles. The monoisotopic (exact) mass is 510 g/mol. The van der Waals surface area contributed by atoms with Gasteiger partial charge in [-0.25, -0.2) is 4.21 Å². The molecule has 0 amide bonds. The van der Waals surface area contributed by atoms with Crippen molar-refractivity contribution in [2.24, 2.45) is 0 Å². The lowest BCUT2D eigenvalue weighted by Gasteiger charge is -2.22. The van der Waals surface area contributed by atoms with E-state index in [9.17, 15) is 4.21 Å². The number of ether oxygens (including phenoxy) is 1. The van der Waals surface area contributed by atoms with E-state index in [0.717, 1.165) is 49.1 Å². The van der Waals surface area contributed by atoms with Crippen LogP contribution in [0, 0.1) is 13.8 Å². The zero-order chi connectivity index (χ0) is 22.5. The van der Waals surface area contributed by atoms with E-state index in [4.69, 9.17) is 4.74 Å². The fourth-order valence-corrected chi connectivity index (χ4v) is 7.54. The van der Waals surface area contributed by atoms with E-state index < -0.39 is 17.3 Å². The van der Waals surface area contributed by atoms with E-state index in [1.807, 2.05) is 19.1 Å². The molecule has 0 aliphatic carbocycles. The van der Waals surface area contributed by atoms with Gasteiger partial charge >= 0.3 is 0 Å². The highest BCUT2D eigenvalue weighted by atomic mass is 79.9. The molecule has 0 bridgehead atoms. The lowest BCUT2D eigenvalue weighted by Crippen LogP contribution is -2.37. The molecular weight excluding hydrogens is 484 g/mol. The molecule has 1 unspecified atom stereocenters. The van der Waals surface area contributed by atoms with Crippen LogP contribution in [0.5, 0.6) is 5.75 Å². The van der Waals surface area contributed by atoms with Crippen molar-refractivity contribution < 1.29 is 8.95 Å². The molecule has 4 rings (SSSR count). The average Bonchev–Trinajstić information content (AvgIpc) is 2.70. The summed E-state index contributed by atoms with van der Waals surface area (Å²) in [6.07, 6.45) is 0. The number of rotatable bonds is 4. The number of benzene rings is 4. The van der Waals surface area contributed by atoms with Crippen molar-refractivity contribution in [2.45, 2.75) is 38.4 Å². The maximum absolute atomic E-state index is 12.9. The number of fused-ring (bicyclic) bond motifs is 2. The molecule has 0 fully saturated rings. The van der Waals surface area contributed by atoms with Gasteiger partial charge < -0.3 is 4.74 Å². The molecule has 0 aromatic heterocycles. The number of aryl methyl sites for hydroxylation is 2. The standard InChI is InChI=1S/C26H27BrO2SSi/c1-16-13-19-15-20(31(4,5)6)11-12-22(19)23(25(16)29-3)24-21-10-8-7-9-18(21)14-17(2)26(24)30(27)28/h7-15H,1-6H3. The van der Waals surface area contributed by atoms with Crippen molar-refractivity contribution in [1.29, 1.82) is 0 Å². The first-order valence-electron chi connectivity index (χ1n) is 10.4. The Bertz CT molecular complexity index is 1360. The third kappa shape index (κ3) is 3.88. The SMILES string of the molecule is COc1c(C)cc2cc([Si](C)(C)C)ccc2c1-c1c(S(=O)Br)c(C)cc2ccccc12. The fourth-order valence-electron chi connectivity index (χ4n) is 4.43. The first-order valence-corrected chi connectivity index (χ1v) is 16.9. The summed E-state index contributed by atoms with van der Waals surface area (Å²) < 4.78 is 18.9. The van der Waals surface area contributed by atoms with Crippen LogP contribution in [0.3, 0.4) is 0 Å². The van der Waals surface area contributed by atoms with Gasteiger partial charge in [-0.2, -0.15) is 0 Å². The van der Waals surface area contributed by atoms with Gasteiger partial charge in [0.15, 0.2) is 0 Å². The van der Waals surface area contributed by atoms with E-state index in [-0.39, 0.29) is 0 Å². The molecule has 4 aromatic rings. The Morgan fingerprint density at radius 3 is 2.13 bits per heavy atom. The second kappa shape index (κ2) is 8.19. The summed E-state index contributed by atoms with van der Waals surface area (Å²) in [4.78, 5) is 0.804. The van der Waals surface area contributed by atoms with Gasteiger partial charge in [0.2, 0.25) is 0 Å². The van der Waals surface area contributed by atoms with E-state index in [0.29, 0.717) is 0 Å². The molecule has 0 radical (unpaired) electrons. The molecule has 1 atom stereocenters. The van der Waals surface area contributed by atoms with Crippen molar-refractivity contribution in [3.63, 3.8) is 0 Å². The van der Waals surface area contributed by atoms with E-state index in [2.05, 4.69) is 83.8 Å². The highest BCUT2D eigenvalue weighted by Crippen LogP contribution is 2.46. The average molecular weight is 512 g/mol. The molecule has 2 nitrogen and oxygen atoms in total. The Labute approximate surface area is 195 Å². The van der Waals surface area contributed by atoms with Crippen LogP contribution in [0.1, 0.15) is 11.1 Å². The molecule has 0 heterocycles. The lowest BCUT2D eigenvalue weighted by atomic mass is 9.90. The van der Waals surface area contributed by atoms with Gasteiger partial charge in [0.05, 0.1) is 20.1 Å². The number of hydrogen-bond acceptors (Lipinski definition) is 2. The molecule has 0 saturated heterocycles. The molecule has 5 heteroatoms. The van der Waals surface area contributed by atoms with Crippen molar-refractivity contribution in [3.8, 4) is 16.9 Å². The van der Waals surface area contributed by atoms with Crippen LogP contribution in [0.4, 0.5) is 0 Å². The summed E-state index contributed by atoms with van der Waals surface area (Å²) in [6.45, 7) is 11.2. The van der Waals surface area contributed by atoms with Crippen LogP contribution < -0.4 is 9.92 Å². The van der Waals surface area contributed by atoms with Crippen LogP contribution in [0.2, 0.25) is 19.6 Å². The summed E-state index contributed by atoms with van der Waals surface area (Å²) >= 11 is 3.37. The molecular formula is C26H27BrO2SSi. The number of halogens is 1. The minimum atomic E-state index is -1.46. The molecule has 31 heavy (non-hydrogen) atoms. The van der Waals surface area contributed by atoms with Crippen LogP contribution in [0.25, 0.3) is 32.7 Å².